The van der Waals surface area contributed by atoms with E-state index in [1.54, 1.807) is 42.6 Å². The van der Waals surface area contributed by atoms with Gasteiger partial charge in [0.25, 0.3) is 5.91 Å². The minimum Gasteiger partial charge on any atom is -0.588 e. The van der Waals surface area contributed by atoms with Crippen LogP contribution in [-0.2, 0) is 11.4 Å². The topological polar surface area (TPSA) is 77.1 Å². The molecule has 0 aliphatic heterocycles. The number of nitrogens with one attached hydrogen (secondary N) is 2. The van der Waals surface area contributed by atoms with Crippen molar-refractivity contribution in [3.63, 3.8) is 0 Å². The minimum absolute atomic E-state index is 0.219. The Hall–Kier alpha value is -3.35. The highest BCUT2D eigenvalue weighted by molar-refractivity contribution is 7.92. The highest BCUT2D eigenvalue weighted by Gasteiger charge is 2.12. The van der Waals surface area contributed by atoms with Crippen LogP contribution in [0.4, 0.5) is 11.4 Å². The Bertz CT molecular complexity index is 1100. The maximum absolute atomic E-state index is 12.5. The number of para-hydroxylation sites is 1. The minimum atomic E-state index is -1.38. The van der Waals surface area contributed by atoms with Gasteiger partial charge in [-0.2, -0.15) is 0 Å². The molecule has 0 saturated carbocycles. The van der Waals surface area contributed by atoms with Gasteiger partial charge in [0.05, 0.1) is 11.2 Å². The van der Waals surface area contributed by atoms with Crippen molar-refractivity contribution in [3.8, 4) is 0 Å². The van der Waals surface area contributed by atoms with Crippen molar-refractivity contribution in [2.75, 3.05) is 10.0 Å². The van der Waals surface area contributed by atoms with Crippen molar-refractivity contribution in [1.82, 2.24) is 4.98 Å². The smallest absolute Gasteiger partial charge is 0.255 e. The van der Waals surface area contributed by atoms with Crippen LogP contribution in [0.1, 0.15) is 10.4 Å². The Kier molecular flexibility index (Phi) is 5.23. The third-order valence-corrected chi connectivity index (χ3v) is 5.30. The third-order valence-electron chi connectivity index (χ3n) is 4.18. The van der Waals surface area contributed by atoms with Gasteiger partial charge in [0, 0.05) is 22.8 Å². The number of amides is 1. The van der Waals surface area contributed by atoms with Crippen molar-refractivity contribution in [2.45, 2.75) is 4.90 Å². The fraction of sp³-hybridized carbons (Fsp3) is 0. The van der Waals surface area contributed by atoms with Crippen LogP contribution in [0.3, 0.4) is 0 Å². The normalized spacial score (nSPS) is 11.8. The number of hydrogen-bond donors (Lipinski definition) is 2. The van der Waals surface area contributed by atoms with Gasteiger partial charge in [0.1, 0.15) is 11.4 Å². The first-order chi connectivity index (χ1) is 13.7. The summed E-state index contributed by atoms with van der Waals surface area (Å²) in [6.45, 7) is 0. The van der Waals surface area contributed by atoms with Crippen LogP contribution < -0.4 is 10.0 Å². The Balaban J connectivity index is 1.44. The van der Waals surface area contributed by atoms with E-state index in [2.05, 4.69) is 15.0 Å². The maximum Gasteiger partial charge on any atom is 0.255 e. The number of fused-ring (bicyclic) bond motifs is 1. The molecule has 0 radical (unpaired) electrons. The van der Waals surface area contributed by atoms with Crippen LogP contribution in [-0.4, -0.2) is 15.4 Å². The quantitative estimate of drug-likeness (QED) is 0.490. The summed E-state index contributed by atoms with van der Waals surface area (Å²) < 4.78 is 15.3. The van der Waals surface area contributed by atoms with E-state index in [1.807, 2.05) is 48.5 Å². The lowest BCUT2D eigenvalue weighted by atomic mass is 10.1. The van der Waals surface area contributed by atoms with Gasteiger partial charge in [-0.3, -0.25) is 9.78 Å². The molecule has 28 heavy (non-hydrogen) atoms. The van der Waals surface area contributed by atoms with E-state index in [0.717, 1.165) is 16.6 Å². The summed E-state index contributed by atoms with van der Waals surface area (Å²) in [6.07, 6.45) is 1.70. The van der Waals surface area contributed by atoms with Gasteiger partial charge in [-0.05, 0) is 54.6 Å². The Morgan fingerprint density at radius 3 is 2.43 bits per heavy atom. The zero-order valence-electron chi connectivity index (χ0n) is 14.8. The molecule has 6 heteroatoms. The van der Waals surface area contributed by atoms with E-state index in [4.69, 9.17) is 0 Å². The molecule has 4 rings (SSSR count). The molecule has 1 aromatic heterocycles. The summed E-state index contributed by atoms with van der Waals surface area (Å²) in [5, 5.41) is 3.84. The van der Waals surface area contributed by atoms with Crippen molar-refractivity contribution in [3.05, 3.63) is 96.7 Å². The number of benzene rings is 3. The highest BCUT2D eigenvalue weighted by atomic mass is 32.2. The Morgan fingerprint density at radius 2 is 1.64 bits per heavy atom. The van der Waals surface area contributed by atoms with Crippen molar-refractivity contribution in [1.29, 1.82) is 0 Å². The summed E-state index contributed by atoms with van der Waals surface area (Å²) in [5.74, 6) is -0.219. The molecule has 0 aliphatic rings. The molecule has 1 amide bonds. The third kappa shape index (κ3) is 4.14. The number of rotatable bonds is 5. The molecule has 1 heterocycles. The van der Waals surface area contributed by atoms with Gasteiger partial charge in [-0.15, -0.1) is 0 Å². The number of pyridine rings is 1. The molecular weight excluding hydrogens is 370 g/mol. The fourth-order valence-electron chi connectivity index (χ4n) is 2.74. The summed E-state index contributed by atoms with van der Waals surface area (Å²) in [5.41, 5.74) is 2.71. The molecule has 0 saturated heterocycles. The predicted molar refractivity (Wildman–Crippen MR) is 113 cm³/mol. The van der Waals surface area contributed by atoms with Crippen molar-refractivity contribution >= 4 is 39.5 Å². The van der Waals surface area contributed by atoms with Gasteiger partial charge in [-0.1, -0.05) is 30.3 Å². The lowest BCUT2D eigenvalue weighted by molar-refractivity contribution is 0.102. The van der Waals surface area contributed by atoms with Crippen molar-refractivity contribution in [2.24, 2.45) is 0 Å². The molecule has 4 aromatic rings. The number of aromatic nitrogens is 1. The lowest BCUT2D eigenvalue weighted by Gasteiger charge is -2.12. The first-order valence-corrected chi connectivity index (χ1v) is 9.84. The van der Waals surface area contributed by atoms with Gasteiger partial charge in [0.2, 0.25) is 0 Å². The molecule has 0 fully saturated rings. The van der Waals surface area contributed by atoms with Crippen LogP contribution in [0.2, 0.25) is 0 Å². The molecule has 0 bridgehead atoms. The zero-order chi connectivity index (χ0) is 19.3. The van der Waals surface area contributed by atoms with Crippen LogP contribution in [0.15, 0.2) is 96.0 Å². The van der Waals surface area contributed by atoms with Gasteiger partial charge in [-0.25, -0.2) is 4.72 Å². The number of carbonyl (C=O) groups is 1. The molecule has 0 spiro atoms. The Morgan fingerprint density at radius 1 is 0.857 bits per heavy atom. The summed E-state index contributed by atoms with van der Waals surface area (Å²) in [6, 6.07) is 25.5. The second kappa shape index (κ2) is 8.12. The van der Waals surface area contributed by atoms with Gasteiger partial charge in [0.15, 0.2) is 4.90 Å². The second-order valence-corrected chi connectivity index (χ2v) is 7.34. The maximum atomic E-state index is 12.5. The van der Waals surface area contributed by atoms with E-state index in [0.29, 0.717) is 16.1 Å². The monoisotopic (exact) mass is 387 g/mol. The summed E-state index contributed by atoms with van der Waals surface area (Å²) >= 11 is -1.38. The summed E-state index contributed by atoms with van der Waals surface area (Å²) in [4.78, 5) is 17.4. The van der Waals surface area contributed by atoms with Gasteiger partial charge < -0.3 is 9.87 Å². The number of hydrogen-bond acceptors (Lipinski definition) is 4. The first kappa shape index (κ1) is 18.0. The van der Waals surface area contributed by atoms with Crippen LogP contribution in [0.5, 0.6) is 0 Å². The van der Waals surface area contributed by atoms with E-state index < -0.39 is 11.4 Å². The molecule has 3 aromatic carbocycles. The number of anilines is 2. The molecular formula is C22H17N3O2S. The molecule has 1 unspecified atom stereocenters. The standard InChI is InChI=1S/C22H17N3O2S/c26-22(17-9-8-16-5-4-14-23-21(16)15-17)24-18-10-12-20(13-11-18)28(27)25-19-6-2-1-3-7-19/h1-15,25H,(H,24,26). The molecule has 5 nitrogen and oxygen atoms in total. The summed E-state index contributed by atoms with van der Waals surface area (Å²) in [7, 11) is 0. The molecule has 138 valence electrons. The lowest BCUT2D eigenvalue weighted by Crippen LogP contribution is -2.14. The molecule has 0 aliphatic carbocycles. The number of nitrogens with zero attached hydrogens (tertiary/aromatic N) is 1. The van der Waals surface area contributed by atoms with Gasteiger partial charge >= 0.3 is 0 Å². The van der Waals surface area contributed by atoms with E-state index in [-0.39, 0.29) is 5.91 Å². The zero-order valence-corrected chi connectivity index (χ0v) is 15.6. The molecule has 1 atom stereocenters. The second-order valence-electron chi connectivity index (χ2n) is 6.13. The average molecular weight is 387 g/mol. The molecule has 2 N–H and O–H groups in total. The average Bonchev–Trinajstić information content (AvgIpc) is 2.74. The van der Waals surface area contributed by atoms with Crippen molar-refractivity contribution < 1.29 is 9.35 Å². The van der Waals surface area contributed by atoms with Crippen LogP contribution in [0, 0.1) is 0 Å². The van der Waals surface area contributed by atoms with E-state index in [1.165, 1.54) is 0 Å². The first-order valence-electron chi connectivity index (χ1n) is 8.69. The van der Waals surface area contributed by atoms with Crippen LogP contribution in [0.25, 0.3) is 10.9 Å². The highest BCUT2D eigenvalue weighted by Crippen LogP contribution is 2.19. The Labute approximate surface area is 165 Å². The van der Waals surface area contributed by atoms with E-state index in [9.17, 15) is 9.35 Å². The van der Waals surface area contributed by atoms with Crippen LogP contribution >= 0.6 is 0 Å². The number of carbonyl (C=O) groups excluding carboxylic acids is 1. The predicted octanol–water partition coefficient (Wildman–Crippen LogP) is 4.62. The fourth-order valence-corrected chi connectivity index (χ4v) is 3.60. The SMILES string of the molecule is O=C(Nc1ccc([S+]([O-])Nc2ccccc2)cc1)c1ccc2cccnc2c1. The van der Waals surface area contributed by atoms with E-state index >= 15 is 0 Å². The largest absolute Gasteiger partial charge is 0.588 e.